The third-order valence-electron chi connectivity index (χ3n) is 6.12. The molecule has 0 aromatic carbocycles. The fraction of sp³-hybridized carbons (Fsp3) is 0.526. The summed E-state index contributed by atoms with van der Waals surface area (Å²) in [6, 6.07) is 1.00. The average molecular weight is 606 g/mol. The molecule has 40 heavy (non-hydrogen) atoms. The van der Waals surface area contributed by atoms with Crippen LogP contribution in [0.15, 0.2) is 39.3 Å². The van der Waals surface area contributed by atoms with E-state index in [9.17, 15) is 44.3 Å². The van der Waals surface area contributed by atoms with Crippen LogP contribution in [0.25, 0.3) is 11.2 Å². The van der Waals surface area contributed by atoms with E-state index in [2.05, 4.69) is 15.0 Å². The number of H-pyrrole nitrogens is 2. The van der Waals surface area contributed by atoms with Crippen molar-refractivity contribution in [1.29, 1.82) is 0 Å². The molecule has 0 spiro atoms. The second-order valence-electron chi connectivity index (χ2n) is 8.69. The Morgan fingerprint density at radius 3 is 2.60 bits per heavy atom. The van der Waals surface area contributed by atoms with Crippen LogP contribution in [0, 0.1) is 0 Å². The van der Waals surface area contributed by atoms with Crippen LogP contribution in [-0.4, -0.2) is 110 Å². The molecule has 2 aliphatic heterocycles. The molecule has 2 saturated heterocycles. The van der Waals surface area contributed by atoms with Gasteiger partial charge in [-0.1, -0.05) is 0 Å². The third-order valence-corrected chi connectivity index (χ3v) is 9.53. The van der Waals surface area contributed by atoms with Gasteiger partial charge in [0.2, 0.25) is 5.65 Å². The van der Waals surface area contributed by atoms with E-state index in [0.717, 1.165) is 34.2 Å². The summed E-state index contributed by atoms with van der Waals surface area (Å²) in [6.45, 7) is -6.03. The number of ether oxygens (including phenoxy) is 2. The lowest BCUT2D eigenvalue weighted by atomic mass is 10.1. The summed E-state index contributed by atoms with van der Waals surface area (Å²) in [4.78, 5) is 63.2. The van der Waals surface area contributed by atoms with E-state index in [1.165, 1.54) is 0 Å². The van der Waals surface area contributed by atoms with Crippen molar-refractivity contribution in [3.8, 4) is 0 Å². The number of nitrogens with zero attached hydrogens (tertiary/aromatic N) is 4. The molecule has 0 radical (unpaired) electrons. The van der Waals surface area contributed by atoms with Crippen molar-refractivity contribution in [3.05, 3.63) is 56.1 Å². The lowest BCUT2D eigenvalue weighted by molar-refractivity contribution is -0.168. The van der Waals surface area contributed by atoms with Crippen molar-refractivity contribution in [2.45, 2.75) is 48.3 Å². The first-order valence-electron chi connectivity index (χ1n) is 11.5. The maximum absolute atomic E-state index is 12.9. The summed E-state index contributed by atoms with van der Waals surface area (Å²) >= 11 is 0.243. The monoisotopic (exact) mass is 606 g/mol. The number of aliphatic hydroxyl groups excluding tert-OH is 4. The van der Waals surface area contributed by atoms with Gasteiger partial charge in [0, 0.05) is 12.3 Å². The highest BCUT2D eigenvalue weighted by Crippen LogP contribution is 2.60. The summed E-state index contributed by atoms with van der Waals surface area (Å²) in [5, 5.41) is 39.9. The molecular weight excluding hydrogens is 583 g/mol. The van der Waals surface area contributed by atoms with Gasteiger partial charge in [-0.25, -0.2) is 19.3 Å². The Labute approximate surface area is 225 Å². The first-order chi connectivity index (χ1) is 19.0. The molecule has 7 N–H and O–H groups in total. The van der Waals surface area contributed by atoms with Gasteiger partial charge in [0.1, 0.15) is 36.8 Å². The lowest BCUT2D eigenvalue weighted by Gasteiger charge is -2.22. The second kappa shape index (κ2) is 11.2. The Morgan fingerprint density at radius 2 is 1.88 bits per heavy atom. The summed E-state index contributed by atoms with van der Waals surface area (Å²) in [7, 11) is 0. The number of hydrogen-bond acceptors (Lipinski definition) is 15. The molecule has 5 heterocycles. The van der Waals surface area contributed by atoms with E-state index >= 15 is 0 Å². The summed E-state index contributed by atoms with van der Waals surface area (Å²) < 4.78 is 30.6. The SMILES string of the molecule is O=c1ccn([C@@H]2O[C@H](COP(=O)(O)S[C@H]3[C@@H](O)[C@H](On4cnc5c(=O)[nH]cnc54)O[C@@H]3CO)[C@@H](O)[C@H]2O)c(=O)[nH]1. The van der Waals surface area contributed by atoms with E-state index in [1.807, 2.05) is 4.98 Å². The van der Waals surface area contributed by atoms with Crippen LogP contribution >= 0.6 is 18.2 Å². The minimum atomic E-state index is -4.63. The molecule has 19 nitrogen and oxygen atoms in total. The number of fused-ring (bicyclic) bond motifs is 1. The quantitative estimate of drug-likeness (QED) is 0.114. The largest absolute Gasteiger partial charge is 0.394 e. The van der Waals surface area contributed by atoms with E-state index < -0.39 is 85.1 Å². The standard InChI is InChI=1S/C19H23N6O13PS/c26-3-7-14(13(30)18(37-7)38-25-6-22-10-15(25)20-5-21-16(10)31)40-39(33,34)35-4-8-11(28)12(29)17(36-8)24-2-1-9(27)23-19(24)32/h1-2,5-8,11-14,17-18,26,28-30H,3-4H2,(H,33,34)(H,20,21,31)(H,23,27,32)/t7-,8-,11-,12-,13-,14-,17-,18+/m1/s1. The number of aromatic amines is 2. The molecule has 9 atom stereocenters. The van der Waals surface area contributed by atoms with Gasteiger partial charge in [-0.3, -0.25) is 23.7 Å². The van der Waals surface area contributed by atoms with Gasteiger partial charge in [0.05, 0.1) is 24.8 Å². The van der Waals surface area contributed by atoms with E-state index in [0.29, 0.717) is 0 Å². The van der Waals surface area contributed by atoms with Gasteiger partial charge in [0.15, 0.2) is 11.7 Å². The molecule has 2 fully saturated rings. The van der Waals surface area contributed by atoms with Crippen LogP contribution in [0.1, 0.15) is 6.23 Å². The number of nitrogens with one attached hydrogen (secondary N) is 2. The van der Waals surface area contributed by atoms with Crippen molar-refractivity contribution in [1.82, 2.24) is 29.2 Å². The first-order valence-corrected chi connectivity index (χ1v) is 14.6. The van der Waals surface area contributed by atoms with Gasteiger partial charge in [-0.15, -0.1) is 4.73 Å². The molecule has 21 heteroatoms. The van der Waals surface area contributed by atoms with E-state index in [1.54, 1.807) is 0 Å². The fourth-order valence-corrected chi connectivity index (χ4v) is 7.47. The Hall–Kier alpha value is -2.91. The predicted molar refractivity (Wildman–Crippen MR) is 131 cm³/mol. The minimum Gasteiger partial charge on any atom is -0.394 e. The van der Waals surface area contributed by atoms with E-state index in [4.69, 9.17) is 18.8 Å². The Morgan fingerprint density at radius 1 is 1.10 bits per heavy atom. The number of imidazole rings is 1. The highest BCUT2D eigenvalue weighted by atomic mass is 32.7. The predicted octanol–water partition coefficient (Wildman–Crippen LogP) is -3.99. The van der Waals surface area contributed by atoms with E-state index in [-0.39, 0.29) is 22.5 Å². The Kier molecular flexibility index (Phi) is 7.99. The topological polar surface area (TPSA) is 274 Å². The van der Waals surface area contributed by atoms with Gasteiger partial charge >= 0.3 is 12.5 Å². The maximum Gasteiger partial charge on any atom is 0.387 e. The summed E-state index contributed by atoms with van der Waals surface area (Å²) in [5.41, 5.74) is -2.19. The minimum absolute atomic E-state index is 0.00658. The van der Waals surface area contributed by atoms with Gasteiger partial charge in [-0.05, 0) is 11.4 Å². The highest BCUT2D eigenvalue weighted by Gasteiger charge is 2.50. The number of rotatable bonds is 9. The molecule has 0 aliphatic carbocycles. The Bertz CT molecular complexity index is 1590. The van der Waals surface area contributed by atoms with Crippen LogP contribution in [0.5, 0.6) is 0 Å². The van der Waals surface area contributed by atoms with Crippen molar-refractivity contribution in [2.24, 2.45) is 0 Å². The highest BCUT2D eigenvalue weighted by molar-refractivity contribution is 8.55. The van der Waals surface area contributed by atoms with Crippen molar-refractivity contribution < 1.29 is 48.7 Å². The van der Waals surface area contributed by atoms with Crippen LogP contribution in [0.3, 0.4) is 0 Å². The molecule has 0 saturated carbocycles. The van der Waals surface area contributed by atoms with Crippen LogP contribution in [0.4, 0.5) is 0 Å². The summed E-state index contributed by atoms with van der Waals surface area (Å²) in [5.74, 6) is 0. The number of hydrogen-bond donors (Lipinski definition) is 7. The van der Waals surface area contributed by atoms with Crippen LogP contribution < -0.4 is 21.6 Å². The zero-order valence-corrected chi connectivity index (χ0v) is 21.7. The van der Waals surface area contributed by atoms with Gasteiger partial charge < -0.3 is 44.6 Å². The van der Waals surface area contributed by atoms with Crippen molar-refractivity contribution >= 4 is 29.3 Å². The van der Waals surface area contributed by atoms with Crippen molar-refractivity contribution in [3.63, 3.8) is 0 Å². The Balaban J connectivity index is 1.23. The van der Waals surface area contributed by atoms with Gasteiger partial charge in [0.25, 0.3) is 17.4 Å². The molecular formula is C19H23N6O13PS. The fourth-order valence-electron chi connectivity index (χ4n) is 4.16. The van der Waals surface area contributed by atoms with Crippen molar-refractivity contribution in [2.75, 3.05) is 13.2 Å². The van der Waals surface area contributed by atoms with Crippen LogP contribution in [0.2, 0.25) is 0 Å². The molecule has 1 unspecified atom stereocenters. The first kappa shape index (κ1) is 28.6. The normalized spacial score (nSPS) is 31.9. The second-order valence-corrected chi connectivity index (χ2v) is 12.7. The zero-order chi connectivity index (χ0) is 28.8. The van der Waals surface area contributed by atoms with Gasteiger partial charge in [-0.2, -0.15) is 0 Å². The maximum atomic E-state index is 12.9. The summed E-state index contributed by atoms with van der Waals surface area (Å²) in [6.07, 6.45) is -7.05. The zero-order valence-electron chi connectivity index (χ0n) is 20.0. The molecule has 0 amide bonds. The molecule has 5 rings (SSSR count). The third kappa shape index (κ3) is 5.50. The molecule has 2 aliphatic rings. The lowest BCUT2D eigenvalue weighted by Crippen LogP contribution is -2.37. The smallest absolute Gasteiger partial charge is 0.387 e. The molecule has 0 bridgehead atoms. The number of aliphatic hydroxyl groups is 4. The molecule has 3 aromatic rings. The molecule has 3 aromatic heterocycles. The number of aromatic nitrogens is 6. The molecule has 218 valence electrons. The van der Waals surface area contributed by atoms with Crippen LogP contribution in [-0.2, 0) is 18.6 Å². The average Bonchev–Trinajstić information content (AvgIpc) is 3.54.